The maximum Gasteiger partial charge on any atom is 0.305 e. The van der Waals surface area contributed by atoms with Crippen LogP contribution < -0.4 is 10.2 Å². The Labute approximate surface area is 150 Å². The van der Waals surface area contributed by atoms with E-state index in [9.17, 15) is 14.4 Å². The summed E-state index contributed by atoms with van der Waals surface area (Å²) < 4.78 is 5.41. The van der Waals surface area contributed by atoms with Crippen molar-refractivity contribution in [2.75, 3.05) is 13.2 Å². The van der Waals surface area contributed by atoms with Crippen molar-refractivity contribution in [3.8, 4) is 0 Å². The van der Waals surface area contributed by atoms with Gasteiger partial charge in [0.25, 0.3) is 5.91 Å². The quantitative estimate of drug-likeness (QED) is 0.743. The molecule has 1 saturated heterocycles. The number of H-pyrrole nitrogens is 1. The molecule has 3 rings (SSSR count). The summed E-state index contributed by atoms with van der Waals surface area (Å²) in [4.78, 5) is 40.7. The van der Waals surface area contributed by atoms with Gasteiger partial charge in [-0.2, -0.15) is 0 Å². The van der Waals surface area contributed by atoms with Crippen molar-refractivity contribution in [2.45, 2.75) is 50.3 Å². The largest absolute Gasteiger partial charge is 0.365 e. The van der Waals surface area contributed by atoms with E-state index >= 15 is 0 Å². The van der Waals surface area contributed by atoms with Crippen LogP contribution in [0.25, 0.3) is 0 Å². The maximum absolute atomic E-state index is 12.7. The lowest BCUT2D eigenvalue weighted by Crippen LogP contribution is -2.56. The Hall–Kier alpha value is -1.93. The van der Waals surface area contributed by atoms with Gasteiger partial charge in [0, 0.05) is 11.9 Å². The molecule has 136 valence electrons. The number of carbonyl (C=O) groups is 2. The van der Waals surface area contributed by atoms with E-state index in [4.69, 9.17) is 4.74 Å². The Bertz CT molecular complexity index is 727. The molecule has 1 aliphatic heterocycles. The molecule has 0 radical (unpaired) electrons. The average molecular weight is 365 g/mol. The molecule has 0 spiro atoms. The summed E-state index contributed by atoms with van der Waals surface area (Å²) in [5.41, 5.74) is -0.0683. The molecule has 0 aromatic carbocycles. The molecule has 2 N–H and O–H groups in total. The molecular formula is C17H23N3O4S. The predicted molar refractivity (Wildman–Crippen MR) is 94.7 cm³/mol. The standard InChI is InChI=1S/C17H23N3O4S/c1-3-9-24-11(2)14(21)19-17-6-4-5-13(17)20(8-7-17)15(22)12-10-25-16(23)18-12/h3,10-11,13H,1,4-9H2,2H3,(H,18,23)(H,19,21). The number of carbonyl (C=O) groups excluding carboxylic acids is 2. The second-order valence-electron chi connectivity index (χ2n) is 6.63. The predicted octanol–water partition coefficient (Wildman–Crippen LogP) is 1.28. The number of nitrogens with zero attached hydrogens (tertiary/aromatic N) is 1. The lowest BCUT2D eigenvalue weighted by molar-refractivity contribution is -0.133. The molecule has 3 unspecified atom stereocenters. The molecule has 2 fully saturated rings. The Morgan fingerprint density at radius 1 is 1.60 bits per heavy atom. The zero-order chi connectivity index (χ0) is 18.0. The minimum atomic E-state index is -0.563. The van der Waals surface area contributed by atoms with E-state index in [0.717, 1.165) is 37.0 Å². The van der Waals surface area contributed by atoms with Crippen molar-refractivity contribution in [3.63, 3.8) is 0 Å². The molecule has 0 bridgehead atoms. The molecule has 1 saturated carbocycles. The zero-order valence-corrected chi connectivity index (χ0v) is 15.1. The summed E-state index contributed by atoms with van der Waals surface area (Å²) in [6.07, 6.45) is 4.42. The summed E-state index contributed by atoms with van der Waals surface area (Å²) in [5, 5.41) is 4.70. The van der Waals surface area contributed by atoms with Gasteiger partial charge < -0.3 is 19.9 Å². The SMILES string of the molecule is C=CCOC(C)C(=O)NC12CCCC1N(C(=O)c1csc(=O)[nH]1)CC2. The van der Waals surface area contributed by atoms with E-state index < -0.39 is 11.6 Å². The molecule has 3 atom stereocenters. The lowest BCUT2D eigenvalue weighted by atomic mass is 9.92. The number of ether oxygens (including phenoxy) is 1. The van der Waals surface area contributed by atoms with Gasteiger partial charge in [-0.3, -0.25) is 14.4 Å². The Kier molecular flexibility index (Phi) is 5.10. The van der Waals surface area contributed by atoms with Gasteiger partial charge in [0.05, 0.1) is 18.2 Å². The minimum absolute atomic E-state index is 0.0426. The molecule has 8 heteroatoms. The summed E-state index contributed by atoms with van der Waals surface area (Å²) in [7, 11) is 0. The van der Waals surface area contributed by atoms with Gasteiger partial charge in [0.2, 0.25) is 5.91 Å². The maximum atomic E-state index is 12.7. The third-order valence-corrected chi connectivity index (χ3v) is 5.80. The fourth-order valence-electron chi connectivity index (χ4n) is 3.90. The van der Waals surface area contributed by atoms with E-state index in [-0.39, 0.29) is 22.7 Å². The molecule has 1 aliphatic carbocycles. The molecule has 2 amide bonds. The first kappa shape index (κ1) is 17.9. The van der Waals surface area contributed by atoms with Crippen LogP contribution in [0.15, 0.2) is 22.8 Å². The molecule has 2 heterocycles. The number of thiazole rings is 1. The van der Waals surface area contributed by atoms with Crippen molar-refractivity contribution in [1.29, 1.82) is 0 Å². The Morgan fingerprint density at radius 2 is 2.40 bits per heavy atom. The van der Waals surface area contributed by atoms with E-state index in [1.54, 1.807) is 23.3 Å². The average Bonchev–Trinajstić information content (AvgIpc) is 3.26. The highest BCUT2D eigenvalue weighted by Gasteiger charge is 2.53. The van der Waals surface area contributed by atoms with Crippen molar-refractivity contribution >= 4 is 23.2 Å². The van der Waals surface area contributed by atoms with Crippen LogP contribution >= 0.6 is 11.3 Å². The highest BCUT2D eigenvalue weighted by atomic mass is 32.1. The number of amides is 2. The van der Waals surface area contributed by atoms with Crippen molar-refractivity contribution in [2.24, 2.45) is 0 Å². The fraction of sp³-hybridized carbons (Fsp3) is 0.588. The molecule has 25 heavy (non-hydrogen) atoms. The normalized spacial score (nSPS) is 26.3. The minimum Gasteiger partial charge on any atom is -0.365 e. The number of nitrogens with one attached hydrogen (secondary N) is 2. The topological polar surface area (TPSA) is 91.5 Å². The zero-order valence-electron chi connectivity index (χ0n) is 14.2. The Balaban J connectivity index is 1.72. The van der Waals surface area contributed by atoms with E-state index in [0.29, 0.717) is 18.8 Å². The third-order valence-electron chi connectivity index (χ3n) is 5.13. The van der Waals surface area contributed by atoms with E-state index in [2.05, 4.69) is 16.9 Å². The van der Waals surface area contributed by atoms with Crippen molar-refractivity contribution in [3.05, 3.63) is 33.4 Å². The van der Waals surface area contributed by atoms with Crippen LogP contribution in [-0.2, 0) is 9.53 Å². The van der Waals surface area contributed by atoms with Crippen molar-refractivity contribution in [1.82, 2.24) is 15.2 Å². The first-order chi connectivity index (χ1) is 12.0. The summed E-state index contributed by atoms with van der Waals surface area (Å²) >= 11 is 0.985. The van der Waals surface area contributed by atoms with Crippen LogP contribution in [0.4, 0.5) is 0 Å². The Morgan fingerprint density at radius 3 is 3.08 bits per heavy atom. The van der Waals surface area contributed by atoms with Crippen LogP contribution in [0.3, 0.4) is 0 Å². The van der Waals surface area contributed by atoms with Crippen LogP contribution in [-0.4, -0.2) is 52.5 Å². The van der Waals surface area contributed by atoms with Gasteiger partial charge in [-0.1, -0.05) is 17.4 Å². The van der Waals surface area contributed by atoms with Crippen LogP contribution in [0, 0.1) is 0 Å². The number of fused-ring (bicyclic) bond motifs is 1. The van der Waals surface area contributed by atoms with Crippen molar-refractivity contribution < 1.29 is 14.3 Å². The molecular weight excluding hydrogens is 342 g/mol. The number of hydrogen-bond acceptors (Lipinski definition) is 5. The van der Waals surface area contributed by atoms with Crippen LogP contribution in [0.5, 0.6) is 0 Å². The second-order valence-corrected chi connectivity index (χ2v) is 7.47. The highest BCUT2D eigenvalue weighted by molar-refractivity contribution is 7.07. The first-order valence-corrected chi connectivity index (χ1v) is 9.38. The van der Waals surface area contributed by atoms with Gasteiger partial charge >= 0.3 is 4.87 Å². The summed E-state index contributed by atoms with van der Waals surface area (Å²) in [6.45, 7) is 6.19. The van der Waals surface area contributed by atoms with Gasteiger partial charge in [-0.05, 0) is 32.6 Å². The number of rotatable bonds is 6. The van der Waals surface area contributed by atoms with E-state index in [1.165, 1.54) is 0 Å². The van der Waals surface area contributed by atoms with E-state index in [1.807, 2.05) is 0 Å². The molecule has 2 aliphatic rings. The molecule has 1 aromatic heterocycles. The van der Waals surface area contributed by atoms with Crippen LogP contribution in [0.2, 0.25) is 0 Å². The number of hydrogen-bond donors (Lipinski definition) is 2. The van der Waals surface area contributed by atoms with Crippen LogP contribution in [0.1, 0.15) is 43.1 Å². The summed E-state index contributed by atoms with van der Waals surface area (Å²) in [5.74, 6) is -0.329. The fourth-order valence-corrected chi connectivity index (χ4v) is 4.46. The number of likely N-dealkylation sites (tertiary alicyclic amines) is 1. The first-order valence-electron chi connectivity index (χ1n) is 8.50. The number of aromatic nitrogens is 1. The monoisotopic (exact) mass is 365 g/mol. The second kappa shape index (κ2) is 7.13. The highest BCUT2D eigenvalue weighted by Crippen LogP contribution is 2.42. The third kappa shape index (κ3) is 3.41. The number of aromatic amines is 1. The molecule has 1 aromatic rings. The van der Waals surface area contributed by atoms with Gasteiger partial charge in [0.1, 0.15) is 11.8 Å². The van der Waals surface area contributed by atoms with Gasteiger partial charge in [-0.25, -0.2) is 0 Å². The smallest absolute Gasteiger partial charge is 0.305 e. The summed E-state index contributed by atoms with van der Waals surface area (Å²) in [6, 6.07) is -0.0426. The van der Waals surface area contributed by atoms with Gasteiger partial charge in [0.15, 0.2) is 0 Å². The molecule has 7 nitrogen and oxygen atoms in total. The van der Waals surface area contributed by atoms with Gasteiger partial charge in [-0.15, -0.1) is 6.58 Å². The lowest BCUT2D eigenvalue weighted by Gasteiger charge is -2.34.